The number of hydrogen-bond donors (Lipinski definition) is 2. The lowest BCUT2D eigenvalue weighted by atomic mass is 9.63. The van der Waals surface area contributed by atoms with Gasteiger partial charge in [-0.05, 0) is 43.1 Å². The quantitative estimate of drug-likeness (QED) is 0.623. The molecule has 5 atom stereocenters. The van der Waals surface area contributed by atoms with Crippen molar-refractivity contribution in [2.75, 3.05) is 5.32 Å². The van der Waals surface area contributed by atoms with Gasteiger partial charge in [-0.15, -0.1) is 0 Å². The van der Waals surface area contributed by atoms with E-state index < -0.39 is 12.2 Å². The van der Waals surface area contributed by atoms with Gasteiger partial charge in [0.15, 0.2) is 0 Å². The SMILES string of the molecule is C[C@H](NC(=O)Nc1cccc2ccccc12)N1C(=O)[C@@H]2[C@H](C1=O)[C@H]1C=C[C@H]2CC1. The van der Waals surface area contributed by atoms with Crippen LogP contribution in [0.5, 0.6) is 0 Å². The normalized spacial score (nSPS) is 28.5. The Kier molecular flexibility index (Phi) is 4.15. The molecule has 2 N–H and O–H groups in total. The van der Waals surface area contributed by atoms with Crippen molar-refractivity contribution in [3.05, 3.63) is 54.6 Å². The van der Waals surface area contributed by atoms with Crippen molar-refractivity contribution >= 4 is 34.3 Å². The summed E-state index contributed by atoms with van der Waals surface area (Å²) in [4.78, 5) is 39.9. The summed E-state index contributed by atoms with van der Waals surface area (Å²) in [6, 6.07) is 13.0. The average molecular weight is 389 g/mol. The van der Waals surface area contributed by atoms with Gasteiger partial charge in [0.1, 0.15) is 6.17 Å². The highest BCUT2D eigenvalue weighted by atomic mass is 16.2. The Morgan fingerprint density at radius 3 is 2.24 bits per heavy atom. The van der Waals surface area contributed by atoms with Gasteiger partial charge in [-0.1, -0.05) is 48.6 Å². The summed E-state index contributed by atoms with van der Waals surface area (Å²) in [6.45, 7) is 1.69. The molecule has 0 unspecified atom stereocenters. The minimum absolute atomic E-state index is 0.142. The number of carbonyl (C=O) groups is 3. The van der Waals surface area contributed by atoms with Crippen molar-refractivity contribution in [2.45, 2.75) is 25.9 Å². The summed E-state index contributed by atoms with van der Waals surface area (Å²) < 4.78 is 0. The number of urea groups is 1. The van der Waals surface area contributed by atoms with Crippen molar-refractivity contribution in [3.8, 4) is 0 Å². The van der Waals surface area contributed by atoms with Crippen LogP contribution in [0, 0.1) is 23.7 Å². The average Bonchev–Trinajstić information content (AvgIpc) is 3.02. The van der Waals surface area contributed by atoms with Crippen LogP contribution in [-0.4, -0.2) is 28.9 Å². The van der Waals surface area contributed by atoms with Crippen molar-refractivity contribution in [2.24, 2.45) is 23.7 Å². The molecule has 1 saturated carbocycles. The van der Waals surface area contributed by atoms with Crippen LogP contribution < -0.4 is 10.6 Å². The number of imide groups is 1. The molecule has 148 valence electrons. The Morgan fingerprint density at radius 1 is 0.966 bits per heavy atom. The van der Waals surface area contributed by atoms with E-state index in [9.17, 15) is 14.4 Å². The number of rotatable bonds is 3. The number of hydrogen-bond acceptors (Lipinski definition) is 3. The van der Waals surface area contributed by atoms with Gasteiger partial charge in [-0.25, -0.2) is 4.79 Å². The fourth-order valence-electron chi connectivity index (χ4n) is 5.23. The molecule has 0 radical (unpaired) electrons. The van der Waals surface area contributed by atoms with Gasteiger partial charge in [-0.2, -0.15) is 0 Å². The van der Waals surface area contributed by atoms with E-state index in [2.05, 4.69) is 22.8 Å². The number of fused-ring (bicyclic) bond motifs is 2. The summed E-state index contributed by atoms with van der Waals surface area (Å²) in [5.41, 5.74) is 0.683. The van der Waals surface area contributed by atoms with Crippen LogP contribution in [0.25, 0.3) is 10.8 Å². The number of likely N-dealkylation sites (tertiary alicyclic amines) is 1. The number of nitrogens with zero attached hydrogens (tertiary/aromatic N) is 1. The first kappa shape index (κ1) is 17.9. The number of benzene rings is 2. The van der Waals surface area contributed by atoms with Gasteiger partial charge in [0, 0.05) is 5.39 Å². The maximum atomic E-state index is 13.0. The van der Waals surface area contributed by atoms with Crippen LogP contribution in [0.2, 0.25) is 0 Å². The zero-order chi connectivity index (χ0) is 20.1. The Bertz CT molecular complexity index is 1010. The highest BCUT2D eigenvalue weighted by molar-refractivity contribution is 6.07. The second kappa shape index (κ2) is 6.72. The first-order valence-electron chi connectivity index (χ1n) is 10.1. The van der Waals surface area contributed by atoms with Gasteiger partial charge in [0.05, 0.1) is 17.5 Å². The fourth-order valence-corrected chi connectivity index (χ4v) is 5.23. The lowest BCUT2D eigenvalue weighted by Gasteiger charge is -2.38. The lowest BCUT2D eigenvalue weighted by Crippen LogP contribution is -2.50. The maximum Gasteiger partial charge on any atom is 0.320 e. The summed E-state index contributed by atoms with van der Waals surface area (Å²) in [7, 11) is 0. The van der Waals surface area contributed by atoms with Gasteiger partial charge >= 0.3 is 6.03 Å². The van der Waals surface area contributed by atoms with E-state index in [0.717, 1.165) is 23.6 Å². The van der Waals surface area contributed by atoms with Crippen molar-refractivity contribution in [1.82, 2.24) is 10.2 Å². The van der Waals surface area contributed by atoms with Crippen LogP contribution in [0.4, 0.5) is 10.5 Å². The van der Waals surface area contributed by atoms with Gasteiger partial charge < -0.3 is 10.6 Å². The van der Waals surface area contributed by atoms with Crippen molar-refractivity contribution in [3.63, 3.8) is 0 Å². The number of anilines is 1. The zero-order valence-corrected chi connectivity index (χ0v) is 16.2. The third-order valence-electron chi connectivity index (χ3n) is 6.56. The lowest BCUT2D eigenvalue weighted by molar-refractivity contribution is -0.142. The second-order valence-corrected chi connectivity index (χ2v) is 8.19. The number of allylic oxidation sites excluding steroid dienone is 2. The van der Waals surface area contributed by atoms with Crippen molar-refractivity contribution < 1.29 is 14.4 Å². The predicted molar refractivity (Wildman–Crippen MR) is 110 cm³/mol. The minimum atomic E-state index is -0.699. The highest BCUT2D eigenvalue weighted by Crippen LogP contribution is 2.49. The van der Waals surface area contributed by atoms with Crippen LogP contribution in [0.1, 0.15) is 19.8 Å². The summed E-state index contributed by atoms with van der Waals surface area (Å²) in [5.74, 6) is -0.561. The molecule has 29 heavy (non-hydrogen) atoms. The Balaban J connectivity index is 1.31. The molecule has 2 aromatic rings. The molecule has 0 spiro atoms. The summed E-state index contributed by atoms with van der Waals surface area (Å²) in [6.07, 6.45) is 5.40. The highest BCUT2D eigenvalue weighted by Gasteiger charge is 2.57. The van der Waals surface area contributed by atoms with Gasteiger partial charge in [0.2, 0.25) is 11.8 Å². The molecule has 2 fully saturated rings. The molecule has 6 heteroatoms. The number of amides is 4. The van der Waals surface area contributed by atoms with Crippen LogP contribution in [-0.2, 0) is 9.59 Å². The van der Waals surface area contributed by atoms with E-state index in [1.165, 1.54) is 4.90 Å². The topological polar surface area (TPSA) is 78.5 Å². The molecule has 0 aromatic heterocycles. The molecule has 2 aromatic carbocycles. The number of carbonyl (C=O) groups excluding carboxylic acids is 3. The van der Waals surface area contributed by atoms with Crippen LogP contribution in [0.15, 0.2) is 54.6 Å². The summed E-state index contributed by atoms with van der Waals surface area (Å²) in [5, 5.41) is 7.57. The minimum Gasteiger partial charge on any atom is -0.317 e. The Morgan fingerprint density at radius 2 is 1.59 bits per heavy atom. The smallest absolute Gasteiger partial charge is 0.317 e. The van der Waals surface area contributed by atoms with E-state index in [0.29, 0.717) is 5.69 Å². The van der Waals surface area contributed by atoms with E-state index in [4.69, 9.17) is 0 Å². The maximum absolute atomic E-state index is 13.0. The number of nitrogens with one attached hydrogen (secondary N) is 2. The largest absolute Gasteiger partial charge is 0.320 e. The molecule has 1 saturated heterocycles. The molecule has 1 aliphatic heterocycles. The van der Waals surface area contributed by atoms with Crippen molar-refractivity contribution in [1.29, 1.82) is 0 Å². The van der Waals surface area contributed by atoms with E-state index >= 15 is 0 Å². The van der Waals surface area contributed by atoms with Crippen LogP contribution in [0.3, 0.4) is 0 Å². The third-order valence-corrected chi connectivity index (χ3v) is 6.56. The first-order valence-corrected chi connectivity index (χ1v) is 10.1. The molecule has 4 amide bonds. The molecular weight excluding hydrogens is 366 g/mol. The van der Waals surface area contributed by atoms with E-state index in [1.807, 2.05) is 42.5 Å². The van der Waals surface area contributed by atoms with E-state index in [-0.39, 0.29) is 35.5 Å². The van der Waals surface area contributed by atoms with Crippen LogP contribution >= 0.6 is 0 Å². The third kappa shape index (κ3) is 2.82. The monoisotopic (exact) mass is 389 g/mol. The molecule has 3 aliphatic carbocycles. The molecule has 4 aliphatic rings. The standard InChI is InChI=1S/C23H23N3O3/c1-13(24-23(29)25-18-8-4-6-14-5-2-3-7-17(14)18)26-21(27)19-15-9-10-16(12-11-15)20(19)22(26)28/h2-10,13,15-16,19-20H,11-12H2,1H3,(H2,24,25,29)/t13-,15+,16+,19-,20+/m1/s1. The first-order chi connectivity index (χ1) is 14.0. The molecule has 1 heterocycles. The Labute approximate surface area is 168 Å². The Hall–Kier alpha value is -3.15. The predicted octanol–water partition coefficient (Wildman–Crippen LogP) is 3.50. The second-order valence-electron chi connectivity index (χ2n) is 8.19. The van der Waals surface area contributed by atoms with Gasteiger partial charge in [0.25, 0.3) is 0 Å². The zero-order valence-electron chi connectivity index (χ0n) is 16.2. The molecule has 2 bridgehead atoms. The fraction of sp³-hybridized carbons (Fsp3) is 0.348. The summed E-state index contributed by atoms with van der Waals surface area (Å²) >= 11 is 0. The molecular formula is C23H23N3O3. The molecule has 6 nitrogen and oxygen atoms in total. The molecule has 6 rings (SSSR count). The van der Waals surface area contributed by atoms with Gasteiger partial charge in [-0.3, -0.25) is 14.5 Å². The van der Waals surface area contributed by atoms with E-state index in [1.54, 1.807) is 6.92 Å².